The van der Waals surface area contributed by atoms with Gasteiger partial charge in [0.1, 0.15) is 22.9 Å². The van der Waals surface area contributed by atoms with E-state index in [1.165, 1.54) is 28.9 Å². The van der Waals surface area contributed by atoms with Crippen molar-refractivity contribution in [3.8, 4) is 11.5 Å². The van der Waals surface area contributed by atoms with Crippen LogP contribution in [0.25, 0.3) is 5.65 Å². The average molecular weight is 536 g/mol. The molecule has 2 aromatic heterocycles. The molecular formula is C26H22F2N6O5. The minimum atomic E-state index is -3.30. The zero-order valence-electron chi connectivity index (χ0n) is 20.5. The first-order valence-electron chi connectivity index (χ1n) is 11.8. The third-order valence-electron chi connectivity index (χ3n) is 5.63. The van der Waals surface area contributed by atoms with Gasteiger partial charge in [0.25, 0.3) is 17.7 Å². The quantitative estimate of drug-likeness (QED) is 0.315. The van der Waals surface area contributed by atoms with Crippen molar-refractivity contribution in [2.75, 3.05) is 11.9 Å². The first kappa shape index (κ1) is 25.6. The zero-order chi connectivity index (χ0) is 27.6. The van der Waals surface area contributed by atoms with Crippen molar-refractivity contribution < 1.29 is 32.6 Å². The topological polar surface area (TPSA) is 136 Å². The van der Waals surface area contributed by atoms with Crippen LogP contribution in [-0.4, -0.2) is 45.0 Å². The highest BCUT2D eigenvalue weighted by Crippen LogP contribution is 2.28. The van der Waals surface area contributed by atoms with Crippen molar-refractivity contribution in [2.45, 2.75) is 26.1 Å². The third kappa shape index (κ3) is 6.09. The first-order valence-corrected chi connectivity index (χ1v) is 11.8. The predicted molar refractivity (Wildman–Crippen MR) is 134 cm³/mol. The summed E-state index contributed by atoms with van der Waals surface area (Å²) in [6.07, 6.45) is -1.85. The maximum absolute atomic E-state index is 13.0. The van der Waals surface area contributed by atoms with E-state index in [1.807, 2.05) is 0 Å². The fraction of sp³-hybridized carbons (Fsp3) is 0.192. The molecule has 4 aromatic rings. The summed E-state index contributed by atoms with van der Waals surface area (Å²) in [5, 5.41) is 12.3. The number of fused-ring (bicyclic) bond motifs is 2. The van der Waals surface area contributed by atoms with E-state index < -0.39 is 17.9 Å². The van der Waals surface area contributed by atoms with Gasteiger partial charge in [0.05, 0.1) is 11.9 Å². The predicted octanol–water partition coefficient (Wildman–Crippen LogP) is 2.91. The van der Waals surface area contributed by atoms with Crippen LogP contribution in [-0.2, 0) is 17.9 Å². The monoisotopic (exact) mass is 536 g/mol. The second-order valence-corrected chi connectivity index (χ2v) is 8.71. The van der Waals surface area contributed by atoms with Crippen molar-refractivity contribution in [1.29, 1.82) is 0 Å². The van der Waals surface area contributed by atoms with E-state index in [2.05, 4.69) is 30.8 Å². The number of rotatable bonds is 8. The maximum Gasteiger partial charge on any atom is 0.394 e. The Bertz CT molecular complexity index is 1570. The highest BCUT2D eigenvalue weighted by molar-refractivity contribution is 5.98. The summed E-state index contributed by atoms with van der Waals surface area (Å²) in [4.78, 5) is 41.8. The van der Waals surface area contributed by atoms with Crippen LogP contribution < -0.4 is 25.4 Å². The Morgan fingerprint density at radius 1 is 1.05 bits per heavy atom. The van der Waals surface area contributed by atoms with Gasteiger partial charge in [0, 0.05) is 32.1 Å². The summed E-state index contributed by atoms with van der Waals surface area (Å²) in [5.41, 5.74) is 2.25. The molecule has 0 saturated heterocycles. The van der Waals surface area contributed by atoms with Gasteiger partial charge in [-0.2, -0.15) is 13.9 Å². The number of aromatic nitrogens is 3. The molecule has 13 heteroatoms. The molecule has 3 amide bonds. The van der Waals surface area contributed by atoms with E-state index in [-0.39, 0.29) is 42.7 Å². The fourth-order valence-electron chi connectivity index (χ4n) is 3.86. The van der Waals surface area contributed by atoms with Gasteiger partial charge >= 0.3 is 6.11 Å². The van der Waals surface area contributed by atoms with Gasteiger partial charge in [-0.05, 0) is 35.4 Å². The van der Waals surface area contributed by atoms with Crippen LogP contribution in [0.5, 0.6) is 11.5 Å². The molecule has 3 heterocycles. The van der Waals surface area contributed by atoms with Crippen molar-refractivity contribution >= 4 is 29.1 Å². The summed E-state index contributed by atoms with van der Waals surface area (Å²) >= 11 is 0. The Labute approximate surface area is 220 Å². The zero-order valence-corrected chi connectivity index (χ0v) is 20.5. The number of ether oxygens (including phenoxy) is 2. The Kier molecular flexibility index (Phi) is 6.79. The minimum Gasteiger partial charge on any atom is -0.482 e. The van der Waals surface area contributed by atoms with Gasteiger partial charge in [0.15, 0.2) is 12.3 Å². The van der Waals surface area contributed by atoms with Crippen LogP contribution in [0.15, 0.2) is 60.8 Å². The number of benzene rings is 2. The van der Waals surface area contributed by atoms with Crippen molar-refractivity contribution in [3.05, 3.63) is 83.3 Å². The van der Waals surface area contributed by atoms with Gasteiger partial charge in [-0.3, -0.25) is 14.4 Å². The lowest BCUT2D eigenvalue weighted by Crippen LogP contribution is -2.28. The summed E-state index contributed by atoms with van der Waals surface area (Å²) < 4.78 is 37.2. The van der Waals surface area contributed by atoms with Gasteiger partial charge in [-0.25, -0.2) is 9.50 Å². The maximum atomic E-state index is 13.0. The van der Waals surface area contributed by atoms with Gasteiger partial charge in [-0.15, -0.1) is 0 Å². The van der Waals surface area contributed by atoms with E-state index in [0.29, 0.717) is 29.6 Å². The second-order valence-electron chi connectivity index (χ2n) is 8.71. The van der Waals surface area contributed by atoms with Crippen molar-refractivity contribution in [3.63, 3.8) is 0 Å². The van der Waals surface area contributed by atoms with Crippen LogP contribution in [0.3, 0.4) is 0 Å². The Morgan fingerprint density at radius 2 is 1.77 bits per heavy atom. The van der Waals surface area contributed by atoms with E-state index in [1.54, 1.807) is 36.4 Å². The lowest BCUT2D eigenvalue weighted by molar-refractivity contribution is -0.158. The molecule has 2 aromatic carbocycles. The van der Waals surface area contributed by atoms with Crippen LogP contribution in [0.4, 0.5) is 14.5 Å². The number of halogens is 2. The first-order chi connectivity index (χ1) is 18.6. The lowest BCUT2D eigenvalue weighted by Gasteiger charge is -2.18. The van der Waals surface area contributed by atoms with E-state index in [0.717, 1.165) is 5.56 Å². The smallest absolute Gasteiger partial charge is 0.394 e. The highest BCUT2D eigenvalue weighted by atomic mass is 19.3. The Balaban J connectivity index is 1.26. The minimum absolute atomic E-state index is 0.00439. The van der Waals surface area contributed by atoms with E-state index >= 15 is 0 Å². The number of carbonyl (C=O) groups excluding carboxylic acids is 3. The van der Waals surface area contributed by atoms with Gasteiger partial charge in [-0.1, -0.05) is 18.2 Å². The molecule has 0 bridgehead atoms. The van der Waals surface area contributed by atoms with E-state index in [4.69, 9.17) is 4.74 Å². The van der Waals surface area contributed by atoms with Crippen LogP contribution in [0.2, 0.25) is 0 Å². The number of nitrogens with one attached hydrogen (secondary N) is 3. The normalized spacial score (nSPS) is 12.7. The molecule has 1 aliphatic rings. The molecule has 200 valence electrons. The number of alkyl halides is 2. The second kappa shape index (κ2) is 10.4. The molecule has 0 fully saturated rings. The summed E-state index contributed by atoms with van der Waals surface area (Å²) in [6, 6.07) is 13.9. The third-order valence-corrected chi connectivity index (χ3v) is 5.63. The van der Waals surface area contributed by atoms with Crippen LogP contribution in [0, 0.1) is 0 Å². The van der Waals surface area contributed by atoms with Crippen LogP contribution >= 0.6 is 0 Å². The molecule has 0 atom stereocenters. The molecule has 0 radical (unpaired) electrons. The molecule has 3 N–H and O–H groups in total. The molecule has 1 aliphatic heterocycles. The molecule has 0 aliphatic carbocycles. The molecule has 5 rings (SSSR count). The summed E-state index contributed by atoms with van der Waals surface area (Å²) in [5.74, 6) is -0.769. The molecule has 39 heavy (non-hydrogen) atoms. The average Bonchev–Trinajstić information content (AvgIpc) is 3.38. The molecule has 11 nitrogen and oxygen atoms in total. The van der Waals surface area contributed by atoms with E-state index in [9.17, 15) is 23.2 Å². The SMILES string of the molecule is CC(F)(F)Oc1ccc(CNC(=O)c2cc(C(=O)NCc3ccc4c(c3)NC(=O)CO4)nc3ccnn23)cc1. The number of nitrogens with zero attached hydrogens (tertiary/aromatic N) is 3. The summed E-state index contributed by atoms with van der Waals surface area (Å²) in [7, 11) is 0. The lowest BCUT2D eigenvalue weighted by atomic mass is 10.1. The summed E-state index contributed by atoms with van der Waals surface area (Å²) in [6.45, 7) is 0.820. The standard InChI is InChI=1S/C26H22F2N6O5/c1-26(27,28)39-17-5-2-15(3-6-17)12-30-25(37)20-11-19(32-22-8-9-31-34(20)22)24(36)29-13-16-4-7-21-18(10-16)33-23(35)14-38-21/h2-11H,12-14H2,1H3,(H,29,36)(H,30,37)(H,33,35). The van der Waals surface area contributed by atoms with Crippen LogP contribution in [0.1, 0.15) is 39.0 Å². The fourth-order valence-corrected chi connectivity index (χ4v) is 3.86. The van der Waals surface area contributed by atoms with Crippen molar-refractivity contribution in [2.24, 2.45) is 0 Å². The largest absolute Gasteiger partial charge is 0.482 e. The number of hydrogen-bond acceptors (Lipinski definition) is 7. The number of amides is 3. The number of hydrogen-bond donors (Lipinski definition) is 3. The Hall–Kier alpha value is -5.07. The molecule has 0 spiro atoms. The van der Waals surface area contributed by atoms with Gasteiger partial charge < -0.3 is 25.4 Å². The molecule has 0 saturated carbocycles. The molecule has 0 unspecified atom stereocenters. The van der Waals surface area contributed by atoms with Gasteiger partial charge in [0.2, 0.25) is 0 Å². The number of carbonyl (C=O) groups is 3. The Morgan fingerprint density at radius 3 is 2.54 bits per heavy atom. The number of anilines is 1. The van der Waals surface area contributed by atoms with Crippen molar-refractivity contribution in [1.82, 2.24) is 25.2 Å². The highest BCUT2D eigenvalue weighted by Gasteiger charge is 2.23. The molecular weight excluding hydrogens is 514 g/mol.